The quantitative estimate of drug-likeness (QED) is 0.768. The molecule has 0 radical (unpaired) electrons. The average molecular weight is 372 g/mol. The van der Waals surface area contributed by atoms with E-state index in [4.69, 9.17) is 14.0 Å². The van der Waals surface area contributed by atoms with Crippen LogP contribution in [-0.4, -0.2) is 60.3 Å². The van der Waals surface area contributed by atoms with Crippen LogP contribution in [0.1, 0.15) is 35.5 Å². The molecule has 1 atom stereocenters. The molecule has 2 aliphatic rings. The predicted molar refractivity (Wildman–Crippen MR) is 97.8 cm³/mol. The number of amides is 1. The minimum atomic E-state index is -0.141. The fraction of sp³-hybridized carbons (Fsp3) is 0.526. The van der Waals surface area contributed by atoms with Crippen LogP contribution in [0.15, 0.2) is 28.9 Å². The van der Waals surface area contributed by atoms with Crippen LogP contribution in [0.3, 0.4) is 0 Å². The molecule has 8 nitrogen and oxygen atoms in total. The Morgan fingerprint density at radius 2 is 2.19 bits per heavy atom. The SMILES string of the molecule is COCc1cc(C(=O)N2CC[C@@H](Oc3cccnc3N3CCCC3)C2)no1. The van der Waals surface area contributed by atoms with Gasteiger partial charge in [-0.1, -0.05) is 5.16 Å². The topological polar surface area (TPSA) is 80.9 Å². The number of ether oxygens (including phenoxy) is 2. The number of aromatic nitrogens is 2. The molecule has 0 aliphatic carbocycles. The van der Waals surface area contributed by atoms with Gasteiger partial charge < -0.3 is 23.8 Å². The highest BCUT2D eigenvalue weighted by atomic mass is 16.5. The molecule has 1 amide bonds. The largest absolute Gasteiger partial charge is 0.485 e. The third-order valence-corrected chi connectivity index (χ3v) is 4.95. The minimum absolute atomic E-state index is 0.0511. The van der Waals surface area contributed by atoms with E-state index in [0.717, 1.165) is 31.1 Å². The van der Waals surface area contributed by atoms with Crippen LogP contribution in [0.25, 0.3) is 0 Å². The van der Waals surface area contributed by atoms with Crippen LogP contribution in [0, 0.1) is 0 Å². The standard InChI is InChI=1S/C19H24N4O4/c1-25-13-15-11-16(21-27-15)19(24)23-10-6-14(12-23)26-17-5-4-7-20-18(17)22-8-2-3-9-22/h4-5,7,11,14H,2-3,6,8-10,12-13H2,1H3/t14-/m1/s1. The lowest BCUT2D eigenvalue weighted by Crippen LogP contribution is -2.31. The number of carbonyl (C=O) groups is 1. The highest BCUT2D eigenvalue weighted by Gasteiger charge is 2.31. The summed E-state index contributed by atoms with van der Waals surface area (Å²) in [5, 5.41) is 3.85. The summed E-state index contributed by atoms with van der Waals surface area (Å²) in [5.41, 5.74) is 0.307. The summed E-state index contributed by atoms with van der Waals surface area (Å²) in [5.74, 6) is 2.10. The Hall–Kier alpha value is -2.61. The first kappa shape index (κ1) is 17.8. The van der Waals surface area contributed by atoms with Gasteiger partial charge in [0.05, 0.1) is 6.54 Å². The summed E-state index contributed by atoms with van der Waals surface area (Å²) < 4.78 is 16.3. The normalized spacial score (nSPS) is 19.7. The van der Waals surface area contributed by atoms with E-state index >= 15 is 0 Å². The first-order valence-corrected chi connectivity index (χ1v) is 9.35. The maximum atomic E-state index is 12.6. The van der Waals surface area contributed by atoms with Crippen molar-refractivity contribution in [3.8, 4) is 5.75 Å². The van der Waals surface area contributed by atoms with Crippen molar-refractivity contribution in [2.45, 2.75) is 32.0 Å². The molecular weight excluding hydrogens is 348 g/mol. The average Bonchev–Trinajstić information content (AvgIpc) is 3.44. The Balaban J connectivity index is 1.39. The number of carbonyl (C=O) groups excluding carboxylic acids is 1. The maximum absolute atomic E-state index is 12.6. The summed E-state index contributed by atoms with van der Waals surface area (Å²) >= 11 is 0. The van der Waals surface area contributed by atoms with Crippen molar-refractivity contribution in [2.75, 3.05) is 38.2 Å². The fourth-order valence-corrected chi connectivity index (χ4v) is 3.62. The van der Waals surface area contributed by atoms with Crippen LogP contribution in [0.2, 0.25) is 0 Å². The molecule has 2 aromatic heterocycles. The maximum Gasteiger partial charge on any atom is 0.276 e. The van der Waals surface area contributed by atoms with Crippen molar-refractivity contribution in [3.05, 3.63) is 35.9 Å². The molecular formula is C19H24N4O4. The Labute approximate surface area is 158 Å². The Morgan fingerprint density at radius 3 is 3.00 bits per heavy atom. The van der Waals surface area contributed by atoms with Gasteiger partial charge in [-0.3, -0.25) is 4.79 Å². The molecule has 0 aromatic carbocycles. The summed E-state index contributed by atoms with van der Waals surface area (Å²) in [6.07, 6.45) is 4.90. The van der Waals surface area contributed by atoms with Gasteiger partial charge >= 0.3 is 0 Å². The van der Waals surface area contributed by atoms with Crippen LogP contribution in [0.4, 0.5) is 5.82 Å². The Bertz CT molecular complexity index is 788. The van der Waals surface area contributed by atoms with Gasteiger partial charge in [0.2, 0.25) is 0 Å². The van der Waals surface area contributed by atoms with Crippen molar-refractivity contribution in [1.82, 2.24) is 15.0 Å². The predicted octanol–water partition coefficient (Wildman–Crippen LogP) is 2.11. The van der Waals surface area contributed by atoms with Crippen LogP contribution in [0.5, 0.6) is 5.75 Å². The van der Waals surface area contributed by atoms with Gasteiger partial charge in [0.1, 0.15) is 12.7 Å². The zero-order valence-corrected chi connectivity index (χ0v) is 15.5. The molecule has 27 heavy (non-hydrogen) atoms. The van der Waals surface area contributed by atoms with E-state index in [1.165, 1.54) is 12.8 Å². The molecule has 2 fully saturated rings. The molecule has 4 heterocycles. The molecule has 0 unspecified atom stereocenters. The van der Waals surface area contributed by atoms with Crippen LogP contribution in [-0.2, 0) is 11.3 Å². The highest BCUT2D eigenvalue weighted by Crippen LogP contribution is 2.30. The first-order valence-electron chi connectivity index (χ1n) is 9.35. The zero-order chi connectivity index (χ0) is 18.6. The van der Waals surface area contributed by atoms with Crippen LogP contribution >= 0.6 is 0 Å². The second-order valence-corrected chi connectivity index (χ2v) is 6.91. The van der Waals surface area contributed by atoms with Crippen molar-refractivity contribution in [2.24, 2.45) is 0 Å². The number of nitrogens with zero attached hydrogens (tertiary/aromatic N) is 4. The van der Waals surface area contributed by atoms with Crippen molar-refractivity contribution in [3.63, 3.8) is 0 Å². The number of anilines is 1. The van der Waals surface area contributed by atoms with Gasteiger partial charge in [-0.05, 0) is 25.0 Å². The molecule has 0 saturated carbocycles. The van der Waals surface area contributed by atoms with Crippen LogP contribution < -0.4 is 9.64 Å². The van der Waals surface area contributed by atoms with Gasteiger partial charge in [0, 0.05) is 45.4 Å². The summed E-state index contributed by atoms with van der Waals surface area (Å²) in [6, 6.07) is 5.48. The molecule has 0 N–H and O–H groups in total. The summed E-state index contributed by atoms with van der Waals surface area (Å²) in [4.78, 5) is 21.2. The smallest absolute Gasteiger partial charge is 0.276 e. The number of rotatable bonds is 6. The Morgan fingerprint density at radius 1 is 1.33 bits per heavy atom. The molecule has 4 rings (SSSR count). The minimum Gasteiger partial charge on any atom is -0.485 e. The lowest BCUT2D eigenvalue weighted by molar-refractivity contribution is 0.0761. The van der Waals surface area contributed by atoms with Crippen molar-refractivity contribution < 1.29 is 18.8 Å². The lowest BCUT2D eigenvalue weighted by Gasteiger charge is -2.22. The summed E-state index contributed by atoms with van der Waals surface area (Å²) in [6.45, 7) is 3.48. The van der Waals surface area contributed by atoms with E-state index in [1.807, 2.05) is 12.1 Å². The van der Waals surface area contributed by atoms with Gasteiger partial charge in [-0.15, -0.1) is 0 Å². The fourth-order valence-electron chi connectivity index (χ4n) is 3.62. The molecule has 2 saturated heterocycles. The molecule has 8 heteroatoms. The monoisotopic (exact) mass is 372 g/mol. The second kappa shape index (κ2) is 7.96. The first-order chi connectivity index (χ1) is 13.2. The number of likely N-dealkylation sites (tertiary alicyclic amines) is 1. The molecule has 0 bridgehead atoms. The number of methoxy groups -OCH3 is 1. The van der Waals surface area contributed by atoms with Crippen molar-refractivity contribution in [1.29, 1.82) is 0 Å². The number of hydrogen-bond acceptors (Lipinski definition) is 7. The molecule has 144 valence electrons. The van der Waals surface area contributed by atoms with E-state index < -0.39 is 0 Å². The zero-order valence-electron chi connectivity index (χ0n) is 15.5. The van der Waals surface area contributed by atoms with E-state index in [1.54, 1.807) is 24.3 Å². The molecule has 0 spiro atoms. The number of hydrogen-bond donors (Lipinski definition) is 0. The van der Waals surface area contributed by atoms with E-state index in [2.05, 4.69) is 15.0 Å². The third-order valence-electron chi connectivity index (χ3n) is 4.95. The van der Waals surface area contributed by atoms with Gasteiger partial charge in [0.25, 0.3) is 5.91 Å². The van der Waals surface area contributed by atoms with Gasteiger partial charge in [-0.2, -0.15) is 0 Å². The Kier molecular flexibility index (Phi) is 5.24. The van der Waals surface area contributed by atoms with Crippen molar-refractivity contribution >= 4 is 11.7 Å². The highest BCUT2D eigenvalue weighted by molar-refractivity contribution is 5.92. The lowest BCUT2D eigenvalue weighted by atomic mass is 10.3. The molecule has 2 aromatic rings. The third kappa shape index (κ3) is 3.90. The van der Waals surface area contributed by atoms with E-state index in [9.17, 15) is 4.79 Å². The number of pyridine rings is 1. The molecule has 2 aliphatic heterocycles. The van der Waals surface area contributed by atoms with E-state index in [0.29, 0.717) is 31.2 Å². The second-order valence-electron chi connectivity index (χ2n) is 6.91. The van der Waals surface area contributed by atoms with Gasteiger partial charge in [0.15, 0.2) is 23.0 Å². The van der Waals surface area contributed by atoms with E-state index in [-0.39, 0.29) is 12.0 Å². The summed E-state index contributed by atoms with van der Waals surface area (Å²) in [7, 11) is 1.57. The van der Waals surface area contributed by atoms with Gasteiger partial charge in [-0.25, -0.2) is 4.98 Å².